The molecule has 2 rings (SSSR count). The zero-order valence-electron chi connectivity index (χ0n) is 8.98. The second-order valence-corrected chi connectivity index (χ2v) is 5.51. The van der Waals surface area contributed by atoms with Crippen LogP contribution in [-0.4, -0.2) is 10.1 Å². The molecule has 2 aromatic rings. The summed E-state index contributed by atoms with van der Waals surface area (Å²) in [7, 11) is 0. The molecule has 0 amide bonds. The molecule has 0 aliphatic rings. The van der Waals surface area contributed by atoms with Gasteiger partial charge in [0.15, 0.2) is 0 Å². The SMILES string of the molecule is OC(Cc1ccncc1)c1cc(Br)ccc1Br. The van der Waals surface area contributed by atoms with Gasteiger partial charge in [0.1, 0.15) is 0 Å². The molecule has 0 aliphatic heterocycles. The quantitative estimate of drug-likeness (QED) is 0.905. The highest BCUT2D eigenvalue weighted by atomic mass is 79.9. The third-order valence-corrected chi connectivity index (χ3v) is 3.71. The third-order valence-electron chi connectivity index (χ3n) is 2.50. The van der Waals surface area contributed by atoms with Crippen molar-refractivity contribution in [1.29, 1.82) is 0 Å². The summed E-state index contributed by atoms with van der Waals surface area (Å²) < 4.78 is 1.88. The Morgan fingerprint density at radius 1 is 1.12 bits per heavy atom. The van der Waals surface area contributed by atoms with Crippen LogP contribution < -0.4 is 0 Å². The van der Waals surface area contributed by atoms with Gasteiger partial charge in [0.25, 0.3) is 0 Å². The van der Waals surface area contributed by atoms with E-state index in [9.17, 15) is 5.11 Å². The van der Waals surface area contributed by atoms with Crippen LogP contribution in [0.3, 0.4) is 0 Å². The Bertz CT molecular complexity index is 502. The van der Waals surface area contributed by atoms with Crippen LogP contribution in [0.5, 0.6) is 0 Å². The molecule has 1 heterocycles. The first kappa shape index (κ1) is 12.7. The van der Waals surface area contributed by atoms with Crippen molar-refractivity contribution in [3.63, 3.8) is 0 Å². The van der Waals surface area contributed by atoms with E-state index in [1.165, 1.54) is 0 Å². The second-order valence-electron chi connectivity index (χ2n) is 3.74. The summed E-state index contributed by atoms with van der Waals surface area (Å²) in [4.78, 5) is 3.96. The molecule has 0 fully saturated rings. The van der Waals surface area contributed by atoms with Crippen LogP contribution in [0.1, 0.15) is 17.2 Å². The van der Waals surface area contributed by atoms with Gasteiger partial charge in [-0.3, -0.25) is 4.98 Å². The lowest BCUT2D eigenvalue weighted by atomic mass is 10.0. The Morgan fingerprint density at radius 3 is 2.53 bits per heavy atom. The van der Waals surface area contributed by atoms with Crippen molar-refractivity contribution in [3.05, 3.63) is 62.8 Å². The van der Waals surface area contributed by atoms with Gasteiger partial charge < -0.3 is 5.11 Å². The van der Waals surface area contributed by atoms with Crippen molar-refractivity contribution < 1.29 is 5.11 Å². The molecule has 0 saturated heterocycles. The van der Waals surface area contributed by atoms with E-state index in [1.54, 1.807) is 12.4 Å². The molecule has 0 aliphatic carbocycles. The fraction of sp³-hybridized carbons (Fsp3) is 0.154. The standard InChI is InChI=1S/C13H11Br2NO/c14-10-1-2-12(15)11(8-10)13(17)7-9-3-5-16-6-4-9/h1-6,8,13,17H,7H2. The average Bonchev–Trinajstić information content (AvgIpc) is 2.33. The number of aliphatic hydroxyl groups is 1. The van der Waals surface area contributed by atoms with Gasteiger partial charge in [-0.15, -0.1) is 0 Å². The van der Waals surface area contributed by atoms with Crippen LogP contribution in [0.4, 0.5) is 0 Å². The van der Waals surface area contributed by atoms with E-state index in [1.807, 2.05) is 30.3 Å². The van der Waals surface area contributed by atoms with Gasteiger partial charge in [-0.05, 0) is 41.5 Å². The highest BCUT2D eigenvalue weighted by molar-refractivity contribution is 9.11. The number of pyridine rings is 1. The van der Waals surface area contributed by atoms with Crippen molar-refractivity contribution in [2.75, 3.05) is 0 Å². The first-order valence-corrected chi connectivity index (χ1v) is 6.77. The first-order valence-electron chi connectivity index (χ1n) is 5.19. The van der Waals surface area contributed by atoms with Crippen LogP contribution >= 0.6 is 31.9 Å². The maximum Gasteiger partial charge on any atom is 0.0841 e. The van der Waals surface area contributed by atoms with Gasteiger partial charge in [-0.1, -0.05) is 31.9 Å². The van der Waals surface area contributed by atoms with Gasteiger partial charge in [0, 0.05) is 27.8 Å². The summed E-state index contributed by atoms with van der Waals surface area (Å²) in [6.07, 6.45) is 3.53. The zero-order valence-corrected chi connectivity index (χ0v) is 12.1. The zero-order chi connectivity index (χ0) is 12.3. The molecule has 0 bridgehead atoms. The fourth-order valence-corrected chi connectivity index (χ4v) is 2.51. The van der Waals surface area contributed by atoms with Gasteiger partial charge in [0.2, 0.25) is 0 Å². The van der Waals surface area contributed by atoms with Crippen LogP contribution in [0.25, 0.3) is 0 Å². The van der Waals surface area contributed by atoms with Crippen LogP contribution in [-0.2, 0) is 6.42 Å². The maximum absolute atomic E-state index is 10.2. The maximum atomic E-state index is 10.2. The average molecular weight is 357 g/mol. The Hall–Kier alpha value is -0.710. The highest BCUT2D eigenvalue weighted by Gasteiger charge is 2.12. The lowest BCUT2D eigenvalue weighted by Gasteiger charge is -2.13. The topological polar surface area (TPSA) is 33.1 Å². The molecule has 1 aromatic carbocycles. The lowest BCUT2D eigenvalue weighted by Crippen LogP contribution is -2.02. The Kier molecular flexibility index (Phi) is 4.31. The molecular weight excluding hydrogens is 346 g/mol. The number of hydrogen-bond donors (Lipinski definition) is 1. The predicted octanol–water partition coefficient (Wildman–Crippen LogP) is 3.88. The summed E-state index contributed by atoms with van der Waals surface area (Å²) >= 11 is 6.86. The summed E-state index contributed by atoms with van der Waals surface area (Å²) in [6, 6.07) is 9.61. The van der Waals surface area contributed by atoms with E-state index in [0.29, 0.717) is 6.42 Å². The van der Waals surface area contributed by atoms with E-state index in [2.05, 4.69) is 36.8 Å². The number of aromatic nitrogens is 1. The molecule has 2 nitrogen and oxygen atoms in total. The highest BCUT2D eigenvalue weighted by Crippen LogP contribution is 2.28. The van der Waals surface area contributed by atoms with Crippen molar-refractivity contribution in [3.8, 4) is 0 Å². The number of rotatable bonds is 3. The molecule has 1 unspecified atom stereocenters. The molecule has 88 valence electrons. The van der Waals surface area contributed by atoms with Crippen molar-refractivity contribution in [2.24, 2.45) is 0 Å². The van der Waals surface area contributed by atoms with Crippen molar-refractivity contribution in [1.82, 2.24) is 4.98 Å². The second kappa shape index (κ2) is 5.76. The number of aliphatic hydroxyl groups excluding tert-OH is 1. The van der Waals surface area contributed by atoms with Crippen molar-refractivity contribution in [2.45, 2.75) is 12.5 Å². The monoisotopic (exact) mass is 355 g/mol. The minimum Gasteiger partial charge on any atom is -0.388 e. The Labute approximate surface area is 117 Å². The van der Waals surface area contributed by atoms with Crippen LogP contribution in [0.15, 0.2) is 51.7 Å². The van der Waals surface area contributed by atoms with Crippen LogP contribution in [0, 0.1) is 0 Å². The predicted molar refractivity (Wildman–Crippen MR) is 74.7 cm³/mol. The molecule has 1 aromatic heterocycles. The fourth-order valence-electron chi connectivity index (χ4n) is 1.62. The Balaban J connectivity index is 2.20. The largest absolute Gasteiger partial charge is 0.388 e. The van der Waals surface area contributed by atoms with E-state index in [-0.39, 0.29) is 0 Å². The lowest BCUT2D eigenvalue weighted by molar-refractivity contribution is 0.177. The van der Waals surface area contributed by atoms with Gasteiger partial charge in [-0.25, -0.2) is 0 Å². The van der Waals surface area contributed by atoms with Crippen molar-refractivity contribution >= 4 is 31.9 Å². The number of hydrogen-bond acceptors (Lipinski definition) is 2. The molecule has 0 spiro atoms. The third kappa shape index (κ3) is 3.37. The number of benzene rings is 1. The summed E-state index contributed by atoms with van der Waals surface area (Å²) in [5, 5.41) is 10.2. The van der Waals surface area contributed by atoms with Crippen LogP contribution in [0.2, 0.25) is 0 Å². The minimum absolute atomic E-state index is 0.524. The molecule has 0 radical (unpaired) electrons. The molecule has 17 heavy (non-hydrogen) atoms. The summed E-state index contributed by atoms with van der Waals surface area (Å²) in [6.45, 7) is 0. The molecule has 1 N–H and O–H groups in total. The van der Waals surface area contributed by atoms with Gasteiger partial charge in [-0.2, -0.15) is 0 Å². The van der Waals surface area contributed by atoms with Gasteiger partial charge >= 0.3 is 0 Å². The number of nitrogens with zero attached hydrogens (tertiary/aromatic N) is 1. The molecule has 4 heteroatoms. The molecule has 1 atom stereocenters. The Morgan fingerprint density at radius 2 is 1.82 bits per heavy atom. The first-order chi connectivity index (χ1) is 8.16. The number of halogens is 2. The summed E-state index contributed by atoms with van der Waals surface area (Å²) in [5.74, 6) is 0. The van der Waals surface area contributed by atoms with Gasteiger partial charge in [0.05, 0.1) is 6.10 Å². The molecular formula is C13H11Br2NO. The normalized spacial score (nSPS) is 12.4. The van der Waals surface area contributed by atoms with E-state index in [4.69, 9.17) is 0 Å². The smallest absolute Gasteiger partial charge is 0.0841 e. The van der Waals surface area contributed by atoms with E-state index in [0.717, 1.165) is 20.1 Å². The van der Waals surface area contributed by atoms with E-state index >= 15 is 0 Å². The molecule has 0 saturated carbocycles. The minimum atomic E-state index is -0.524. The van der Waals surface area contributed by atoms with E-state index < -0.39 is 6.10 Å². The summed E-state index contributed by atoms with van der Waals surface area (Å²) in [5.41, 5.74) is 1.95.